The summed E-state index contributed by atoms with van der Waals surface area (Å²) in [5, 5.41) is 4.01. The van der Waals surface area contributed by atoms with E-state index in [1.807, 2.05) is 24.3 Å². The van der Waals surface area contributed by atoms with Crippen LogP contribution in [0.25, 0.3) is 0 Å². The minimum absolute atomic E-state index is 0.00559. The van der Waals surface area contributed by atoms with Gasteiger partial charge in [0.05, 0.1) is 11.1 Å². The molecule has 0 saturated carbocycles. The lowest BCUT2D eigenvalue weighted by atomic mass is 10.2. The topological polar surface area (TPSA) is 38.0 Å². The van der Waals surface area contributed by atoms with Crippen LogP contribution in [0.4, 0.5) is 5.69 Å². The number of thiophene rings is 1. The molecule has 1 aromatic heterocycles. The number of nitrogens with two attached hydrogens (primary N) is 1. The number of hydrogen-bond donors (Lipinski definition) is 2. The first-order chi connectivity index (χ1) is 9.01. The van der Waals surface area contributed by atoms with Gasteiger partial charge in [-0.1, -0.05) is 23.2 Å². The standard InChI is InChI=1S/C12H10Br2Cl2N2S/c13-7-2-1-6(3-9(7)15)18-10(5-17)11-4-8(14)12(16)19-11/h1-4,10,18H,5,17H2. The van der Waals surface area contributed by atoms with E-state index in [0.29, 0.717) is 11.6 Å². The second-order valence-electron chi connectivity index (χ2n) is 3.83. The average molecular weight is 445 g/mol. The summed E-state index contributed by atoms with van der Waals surface area (Å²) in [7, 11) is 0. The molecule has 2 aromatic rings. The van der Waals surface area contributed by atoms with Crippen molar-refractivity contribution in [2.75, 3.05) is 11.9 Å². The van der Waals surface area contributed by atoms with Gasteiger partial charge in [0, 0.05) is 26.1 Å². The Kier molecular flexibility index (Phi) is 5.57. The first kappa shape index (κ1) is 15.6. The monoisotopic (exact) mass is 442 g/mol. The molecule has 3 N–H and O–H groups in total. The van der Waals surface area contributed by atoms with Crippen molar-refractivity contribution in [3.63, 3.8) is 0 Å². The van der Waals surface area contributed by atoms with Crippen LogP contribution in [0.5, 0.6) is 0 Å². The molecule has 0 amide bonds. The first-order valence-corrected chi connectivity index (χ1v) is 8.53. The fourth-order valence-electron chi connectivity index (χ4n) is 1.57. The van der Waals surface area contributed by atoms with Crippen LogP contribution >= 0.6 is 66.4 Å². The smallest absolute Gasteiger partial charge is 0.107 e. The van der Waals surface area contributed by atoms with Gasteiger partial charge in [0.1, 0.15) is 4.34 Å². The summed E-state index contributed by atoms with van der Waals surface area (Å²) in [6.45, 7) is 0.469. The SMILES string of the molecule is NCC(Nc1ccc(Br)c(Cl)c1)c1cc(Br)c(Cl)s1. The summed E-state index contributed by atoms with van der Waals surface area (Å²) in [5.41, 5.74) is 6.74. The van der Waals surface area contributed by atoms with Crippen LogP contribution in [0, 0.1) is 0 Å². The molecule has 0 saturated heterocycles. The van der Waals surface area contributed by atoms with Crippen LogP contribution in [0.1, 0.15) is 10.9 Å². The highest BCUT2D eigenvalue weighted by Crippen LogP contribution is 2.36. The molecule has 0 aliphatic rings. The lowest BCUT2D eigenvalue weighted by molar-refractivity contribution is 0.805. The second-order valence-corrected chi connectivity index (χ2v) is 7.63. The minimum atomic E-state index is 0.00559. The third-order valence-electron chi connectivity index (χ3n) is 2.50. The van der Waals surface area contributed by atoms with Crippen molar-refractivity contribution in [2.24, 2.45) is 5.73 Å². The van der Waals surface area contributed by atoms with Gasteiger partial charge in [-0.3, -0.25) is 0 Å². The molecule has 0 radical (unpaired) electrons. The quantitative estimate of drug-likeness (QED) is 0.635. The molecule has 2 rings (SSSR count). The van der Waals surface area contributed by atoms with Crippen LogP contribution in [-0.4, -0.2) is 6.54 Å². The molecule has 0 aliphatic heterocycles. The maximum absolute atomic E-state index is 6.07. The van der Waals surface area contributed by atoms with Crippen molar-refractivity contribution in [1.82, 2.24) is 0 Å². The Balaban J connectivity index is 2.21. The van der Waals surface area contributed by atoms with Gasteiger partial charge in [-0.2, -0.15) is 0 Å². The van der Waals surface area contributed by atoms with Crippen molar-refractivity contribution in [3.05, 3.63) is 47.4 Å². The van der Waals surface area contributed by atoms with E-state index in [1.165, 1.54) is 11.3 Å². The minimum Gasteiger partial charge on any atom is -0.376 e. The van der Waals surface area contributed by atoms with Crippen LogP contribution in [0.2, 0.25) is 9.36 Å². The molecule has 0 bridgehead atoms. The Morgan fingerprint density at radius 2 is 1.95 bits per heavy atom. The molecule has 1 heterocycles. The van der Waals surface area contributed by atoms with Crippen molar-refractivity contribution >= 4 is 72.1 Å². The van der Waals surface area contributed by atoms with Crippen LogP contribution < -0.4 is 11.1 Å². The lowest BCUT2D eigenvalue weighted by Gasteiger charge is -2.17. The van der Waals surface area contributed by atoms with Gasteiger partial charge in [0.2, 0.25) is 0 Å². The van der Waals surface area contributed by atoms with Gasteiger partial charge < -0.3 is 11.1 Å². The first-order valence-electron chi connectivity index (χ1n) is 5.37. The third kappa shape index (κ3) is 3.86. The molecule has 1 atom stereocenters. The molecule has 0 fully saturated rings. The van der Waals surface area contributed by atoms with E-state index < -0.39 is 0 Å². The van der Waals surface area contributed by atoms with Crippen molar-refractivity contribution in [3.8, 4) is 0 Å². The van der Waals surface area contributed by atoms with Gasteiger partial charge in [-0.15, -0.1) is 11.3 Å². The van der Waals surface area contributed by atoms with Crippen molar-refractivity contribution < 1.29 is 0 Å². The molecule has 102 valence electrons. The van der Waals surface area contributed by atoms with Gasteiger partial charge in [-0.25, -0.2) is 0 Å². The summed E-state index contributed by atoms with van der Waals surface area (Å²) in [6.07, 6.45) is 0. The van der Waals surface area contributed by atoms with E-state index >= 15 is 0 Å². The second kappa shape index (κ2) is 6.78. The molecule has 7 heteroatoms. The Hall–Kier alpha value is 0.220. The third-order valence-corrected chi connectivity index (χ3v) is 6.32. The molecule has 2 nitrogen and oxygen atoms in total. The number of anilines is 1. The normalized spacial score (nSPS) is 12.5. The van der Waals surface area contributed by atoms with Gasteiger partial charge in [-0.05, 0) is 56.1 Å². The molecular weight excluding hydrogens is 435 g/mol. The van der Waals surface area contributed by atoms with Gasteiger partial charge >= 0.3 is 0 Å². The number of hydrogen-bond acceptors (Lipinski definition) is 3. The maximum atomic E-state index is 6.07. The van der Waals surface area contributed by atoms with Gasteiger partial charge in [0.15, 0.2) is 0 Å². The highest BCUT2D eigenvalue weighted by atomic mass is 79.9. The van der Waals surface area contributed by atoms with E-state index in [0.717, 1.165) is 23.8 Å². The van der Waals surface area contributed by atoms with E-state index in [9.17, 15) is 0 Å². The Morgan fingerprint density at radius 3 is 2.47 bits per heavy atom. The van der Waals surface area contributed by atoms with Crippen molar-refractivity contribution in [1.29, 1.82) is 0 Å². The summed E-state index contributed by atoms with van der Waals surface area (Å²) >= 11 is 20.4. The number of rotatable bonds is 4. The zero-order valence-corrected chi connectivity index (χ0v) is 15.1. The van der Waals surface area contributed by atoms with E-state index in [-0.39, 0.29) is 6.04 Å². The molecule has 0 spiro atoms. The fourth-order valence-corrected chi connectivity index (χ4v) is 3.80. The summed E-state index contributed by atoms with van der Waals surface area (Å²) in [4.78, 5) is 1.08. The molecule has 1 aromatic carbocycles. The van der Waals surface area contributed by atoms with E-state index in [1.54, 1.807) is 0 Å². The molecule has 19 heavy (non-hydrogen) atoms. The number of halogens is 4. The summed E-state index contributed by atoms with van der Waals surface area (Å²) in [5.74, 6) is 0. The highest BCUT2D eigenvalue weighted by molar-refractivity contribution is 9.11. The summed E-state index contributed by atoms with van der Waals surface area (Å²) < 4.78 is 2.48. The fraction of sp³-hybridized carbons (Fsp3) is 0.167. The Bertz CT molecular complexity index is 570. The highest BCUT2D eigenvalue weighted by Gasteiger charge is 2.15. The predicted molar refractivity (Wildman–Crippen MR) is 91.6 cm³/mol. The molecular formula is C12H10Br2Cl2N2S. The largest absolute Gasteiger partial charge is 0.376 e. The Labute approximate surface area is 142 Å². The van der Waals surface area contributed by atoms with E-state index in [2.05, 4.69) is 37.2 Å². The van der Waals surface area contributed by atoms with E-state index in [4.69, 9.17) is 28.9 Å². The lowest BCUT2D eigenvalue weighted by Crippen LogP contribution is -2.19. The molecule has 0 aliphatic carbocycles. The van der Waals surface area contributed by atoms with Crippen LogP contribution in [0.3, 0.4) is 0 Å². The average Bonchev–Trinajstić information content (AvgIpc) is 2.71. The molecule has 1 unspecified atom stereocenters. The van der Waals surface area contributed by atoms with Gasteiger partial charge in [0.25, 0.3) is 0 Å². The van der Waals surface area contributed by atoms with Crippen molar-refractivity contribution in [2.45, 2.75) is 6.04 Å². The summed E-state index contributed by atoms with van der Waals surface area (Å²) in [6, 6.07) is 7.70. The zero-order chi connectivity index (χ0) is 14.0. The predicted octanol–water partition coefficient (Wildman–Crippen LogP) is 5.69. The van der Waals surface area contributed by atoms with Crippen LogP contribution in [-0.2, 0) is 0 Å². The van der Waals surface area contributed by atoms with Crippen LogP contribution in [0.15, 0.2) is 33.2 Å². The Morgan fingerprint density at radius 1 is 1.21 bits per heavy atom. The zero-order valence-electron chi connectivity index (χ0n) is 9.59. The number of nitrogens with one attached hydrogen (secondary N) is 1. The number of benzene rings is 1. The maximum Gasteiger partial charge on any atom is 0.107 e.